The van der Waals surface area contributed by atoms with Crippen LogP contribution in [0, 0.1) is 13.8 Å². The van der Waals surface area contributed by atoms with Gasteiger partial charge >= 0.3 is 0 Å². The van der Waals surface area contributed by atoms with Gasteiger partial charge in [-0.3, -0.25) is 0 Å². The van der Waals surface area contributed by atoms with Crippen LogP contribution in [0.15, 0.2) is 36.4 Å². The number of nitrogens with two attached hydrogens (primary N) is 1. The number of hydrogen-bond acceptors (Lipinski definition) is 3. The summed E-state index contributed by atoms with van der Waals surface area (Å²) in [6, 6.07) is 11.7. The number of hydrogen-bond donors (Lipinski definition) is 1. The lowest BCUT2D eigenvalue weighted by Crippen LogP contribution is -2.01. The lowest BCUT2D eigenvalue weighted by molar-refractivity contribution is 0.461. The van der Waals surface area contributed by atoms with E-state index in [2.05, 4.69) is 4.98 Å². The van der Waals surface area contributed by atoms with Crippen molar-refractivity contribution in [2.24, 2.45) is 5.73 Å². The fraction of sp³-hybridized carbons (Fsp3) is 0.214. The molecule has 2 N–H and O–H groups in total. The molecular formula is C14H16N2O. The molecule has 0 radical (unpaired) electrons. The van der Waals surface area contributed by atoms with Gasteiger partial charge in [0, 0.05) is 18.3 Å². The maximum Gasteiger partial charge on any atom is 0.219 e. The van der Waals surface area contributed by atoms with E-state index in [4.69, 9.17) is 10.5 Å². The molecule has 17 heavy (non-hydrogen) atoms. The van der Waals surface area contributed by atoms with E-state index < -0.39 is 0 Å². The third kappa shape index (κ3) is 2.82. The molecule has 2 aromatic rings. The maximum atomic E-state index is 5.69. The first kappa shape index (κ1) is 11.6. The van der Waals surface area contributed by atoms with E-state index in [1.807, 2.05) is 50.2 Å². The van der Waals surface area contributed by atoms with Gasteiger partial charge in [0.05, 0.1) is 0 Å². The van der Waals surface area contributed by atoms with Crippen molar-refractivity contribution in [3.05, 3.63) is 53.2 Å². The van der Waals surface area contributed by atoms with Gasteiger partial charge in [0.1, 0.15) is 5.75 Å². The van der Waals surface area contributed by atoms with Crippen LogP contribution in [-0.2, 0) is 6.54 Å². The Hall–Kier alpha value is -1.87. The quantitative estimate of drug-likeness (QED) is 0.878. The summed E-state index contributed by atoms with van der Waals surface area (Å²) in [4.78, 5) is 4.37. The predicted molar refractivity (Wildman–Crippen MR) is 68.1 cm³/mol. The molecule has 0 aliphatic rings. The molecule has 0 bridgehead atoms. The number of aryl methyl sites for hydroxylation is 2. The third-order valence-corrected chi connectivity index (χ3v) is 2.60. The zero-order chi connectivity index (χ0) is 12.3. The molecule has 0 atom stereocenters. The van der Waals surface area contributed by atoms with Crippen molar-refractivity contribution < 1.29 is 4.74 Å². The smallest absolute Gasteiger partial charge is 0.219 e. The second kappa shape index (κ2) is 4.97. The van der Waals surface area contributed by atoms with Crippen molar-refractivity contribution in [1.82, 2.24) is 4.98 Å². The van der Waals surface area contributed by atoms with Gasteiger partial charge in [-0.15, -0.1) is 0 Å². The van der Waals surface area contributed by atoms with Crippen LogP contribution in [0.3, 0.4) is 0 Å². The molecule has 0 fully saturated rings. The van der Waals surface area contributed by atoms with Crippen LogP contribution in [-0.4, -0.2) is 4.98 Å². The Morgan fingerprint density at radius 2 is 2.00 bits per heavy atom. The van der Waals surface area contributed by atoms with Gasteiger partial charge in [-0.25, -0.2) is 4.98 Å². The van der Waals surface area contributed by atoms with Crippen molar-refractivity contribution >= 4 is 0 Å². The monoisotopic (exact) mass is 228 g/mol. The van der Waals surface area contributed by atoms with E-state index in [0.717, 1.165) is 22.6 Å². The molecule has 0 aliphatic carbocycles. The molecule has 88 valence electrons. The van der Waals surface area contributed by atoms with Crippen LogP contribution < -0.4 is 10.5 Å². The molecule has 0 saturated heterocycles. The van der Waals surface area contributed by atoms with Crippen LogP contribution in [0.25, 0.3) is 0 Å². The summed E-state index contributed by atoms with van der Waals surface area (Å²) in [5.41, 5.74) is 8.71. The number of rotatable bonds is 3. The maximum absolute atomic E-state index is 5.69. The van der Waals surface area contributed by atoms with E-state index in [9.17, 15) is 0 Å². The fourth-order valence-corrected chi connectivity index (χ4v) is 1.64. The summed E-state index contributed by atoms with van der Waals surface area (Å²) in [5, 5.41) is 0. The topological polar surface area (TPSA) is 48.1 Å². The summed E-state index contributed by atoms with van der Waals surface area (Å²) in [7, 11) is 0. The molecule has 1 aromatic heterocycles. The Morgan fingerprint density at radius 1 is 1.18 bits per heavy atom. The first-order chi connectivity index (χ1) is 8.19. The van der Waals surface area contributed by atoms with Gasteiger partial charge in [0.15, 0.2) is 0 Å². The number of nitrogens with zero attached hydrogens (tertiary/aromatic N) is 1. The summed E-state index contributed by atoms with van der Waals surface area (Å²) in [5.74, 6) is 1.41. The van der Waals surface area contributed by atoms with Crippen molar-refractivity contribution in [1.29, 1.82) is 0 Å². The second-order valence-electron chi connectivity index (χ2n) is 4.02. The minimum atomic E-state index is 0.504. The summed E-state index contributed by atoms with van der Waals surface area (Å²) in [6.45, 7) is 4.47. The largest absolute Gasteiger partial charge is 0.439 e. The van der Waals surface area contributed by atoms with E-state index >= 15 is 0 Å². The lowest BCUT2D eigenvalue weighted by Gasteiger charge is -2.08. The molecule has 1 aromatic carbocycles. The average molecular weight is 228 g/mol. The van der Waals surface area contributed by atoms with E-state index in [-0.39, 0.29) is 0 Å². The number of aromatic nitrogens is 1. The third-order valence-electron chi connectivity index (χ3n) is 2.60. The fourth-order valence-electron chi connectivity index (χ4n) is 1.64. The normalized spacial score (nSPS) is 10.3. The van der Waals surface area contributed by atoms with Gasteiger partial charge in [-0.2, -0.15) is 0 Å². The highest BCUT2D eigenvalue weighted by Crippen LogP contribution is 2.21. The van der Waals surface area contributed by atoms with Gasteiger partial charge in [0.25, 0.3) is 0 Å². The number of benzene rings is 1. The average Bonchev–Trinajstić information content (AvgIpc) is 2.29. The van der Waals surface area contributed by atoms with Crippen LogP contribution in [0.5, 0.6) is 11.6 Å². The van der Waals surface area contributed by atoms with Crippen molar-refractivity contribution in [2.75, 3.05) is 0 Å². The van der Waals surface area contributed by atoms with Crippen LogP contribution in [0.1, 0.15) is 16.8 Å². The molecule has 0 unspecified atom stereocenters. The summed E-state index contributed by atoms with van der Waals surface area (Å²) < 4.78 is 5.69. The minimum Gasteiger partial charge on any atom is -0.439 e. The molecule has 0 amide bonds. The predicted octanol–water partition coefficient (Wildman–Crippen LogP) is 2.95. The van der Waals surface area contributed by atoms with Crippen LogP contribution in [0.2, 0.25) is 0 Å². The van der Waals surface area contributed by atoms with Gasteiger partial charge in [-0.05, 0) is 37.1 Å². The van der Waals surface area contributed by atoms with Gasteiger partial charge in [0.2, 0.25) is 5.88 Å². The highest BCUT2D eigenvalue weighted by Gasteiger charge is 2.02. The van der Waals surface area contributed by atoms with Crippen LogP contribution in [0.4, 0.5) is 0 Å². The lowest BCUT2D eigenvalue weighted by atomic mass is 10.2. The van der Waals surface area contributed by atoms with E-state index in [0.29, 0.717) is 12.4 Å². The molecular weight excluding hydrogens is 212 g/mol. The van der Waals surface area contributed by atoms with Crippen molar-refractivity contribution in [3.8, 4) is 11.6 Å². The highest BCUT2D eigenvalue weighted by molar-refractivity contribution is 5.32. The van der Waals surface area contributed by atoms with Gasteiger partial charge in [-0.1, -0.05) is 18.2 Å². The van der Waals surface area contributed by atoms with E-state index in [1.54, 1.807) is 0 Å². The van der Waals surface area contributed by atoms with Crippen LogP contribution >= 0.6 is 0 Å². The molecule has 1 heterocycles. The molecule has 3 nitrogen and oxygen atoms in total. The zero-order valence-corrected chi connectivity index (χ0v) is 10.1. The van der Waals surface area contributed by atoms with E-state index in [1.165, 1.54) is 0 Å². The Morgan fingerprint density at radius 3 is 2.65 bits per heavy atom. The Bertz CT molecular complexity index is 523. The Balaban J connectivity index is 2.22. The number of pyridine rings is 1. The SMILES string of the molecule is Cc1cccc(Oc2ccc(CN)c(C)n2)c1. The van der Waals surface area contributed by atoms with Crippen molar-refractivity contribution in [3.63, 3.8) is 0 Å². The Kier molecular flexibility index (Phi) is 3.40. The summed E-state index contributed by atoms with van der Waals surface area (Å²) >= 11 is 0. The van der Waals surface area contributed by atoms with Gasteiger partial charge < -0.3 is 10.5 Å². The Labute approximate surface area is 101 Å². The second-order valence-corrected chi connectivity index (χ2v) is 4.02. The molecule has 3 heteroatoms. The zero-order valence-electron chi connectivity index (χ0n) is 10.1. The highest BCUT2D eigenvalue weighted by atomic mass is 16.5. The molecule has 0 saturated carbocycles. The minimum absolute atomic E-state index is 0.504. The molecule has 0 aliphatic heterocycles. The first-order valence-corrected chi connectivity index (χ1v) is 5.60. The standard InChI is InChI=1S/C14H16N2O/c1-10-4-3-5-13(8-10)17-14-7-6-12(9-15)11(2)16-14/h3-8H,9,15H2,1-2H3. The first-order valence-electron chi connectivity index (χ1n) is 5.60. The van der Waals surface area contributed by atoms with Crippen molar-refractivity contribution in [2.45, 2.75) is 20.4 Å². The molecule has 2 rings (SSSR count). The summed E-state index contributed by atoms with van der Waals surface area (Å²) in [6.07, 6.45) is 0. The molecule has 0 spiro atoms. The number of ether oxygens (including phenoxy) is 1.